The average molecular weight is 642 g/mol. The summed E-state index contributed by atoms with van der Waals surface area (Å²) in [5.74, 6) is -0.457. The lowest BCUT2D eigenvalue weighted by atomic mass is 9.94. The van der Waals surface area contributed by atoms with Gasteiger partial charge in [-0.3, -0.25) is 10.1 Å². The van der Waals surface area contributed by atoms with Crippen LogP contribution in [-0.2, 0) is 17.8 Å². The molecule has 47 heavy (non-hydrogen) atoms. The summed E-state index contributed by atoms with van der Waals surface area (Å²) in [6.07, 6.45) is 2.15. The quantitative estimate of drug-likeness (QED) is 0.0847. The van der Waals surface area contributed by atoms with Gasteiger partial charge in [-0.05, 0) is 42.3 Å². The van der Waals surface area contributed by atoms with Crippen LogP contribution in [0, 0.1) is 10.1 Å². The fourth-order valence-corrected chi connectivity index (χ4v) is 5.12. The molecule has 12 heteroatoms. The Morgan fingerprint density at radius 1 is 0.915 bits per heavy atom. The standard InChI is InChI=1S/C35H31NO11/c1-3-13-44-28-10-6-8-21(14-24(34(37)38)15-23-16-31-32(47-20-46-31)18-29(23)43-2)33(28)27-12-11-25(36(41)42)17-30(27)45-19-22-7-4-5-9-26(22)35(39)40/h4-12,14,16-18H,3,13,15,19-20H2,1-2H3,(H,37,38)(H,39,40). The number of aromatic carboxylic acids is 1. The number of ether oxygens (including phenoxy) is 5. The first kappa shape index (κ1) is 32.4. The van der Waals surface area contributed by atoms with Gasteiger partial charge in [-0.2, -0.15) is 0 Å². The number of benzene rings is 4. The van der Waals surface area contributed by atoms with Crippen LogP contribution in [0.4, 0.5) is 5.69 Å². The Kier molecular flexibility index (Phi) is 9.90. The van der Waals surface area contributed by atoms with Gasteiger partial charge in [-0.25, -0.2) is 9.59 Å². The molecule has 12 nitrogen and oxygen atoms in total. The zero-order chi connectivity index (χ0) is 33.5. The van der Waals surface area contributed by atoms with Crippen LogP contribution < -0.4 is 23.7 Å². The van der Waals surface area contributed by atoms with Crippen LogP contribution in [0.3, 0.4) is 0 Å². The Balaban J connectivity index is 1.63. The molecule has 0 fully saturated rings. The molecule has 0 amide bonds. The van der Waals surface area contributed by atoms with E-state index in [0.717, 1.165) is 0 Å². The Labute approximate surface area is 269 Å². The third-order valence-corrected chi connectivity index (χ3v) is 7.36. The number of methoxy groups -OCH3 is 1. The van der Waals surface area contributed by atoms with Crippen LogP contribution >= 0.6 is 0 Å². The third kappa shape index (κ3) is 7.28. The zero-order valence-electron chi connectivity index (χ0n) is 25.6. The summed E-state index contributed by atoms with van der Waals surface area (Å²) in [5, 5.41) is 31.7. The average Bonchev–Trinajstić information content (AvgIpc) is 3.53. The first-order valence-electron chi connectivity index (χ1n) is 14.6. The van der Waals surface area contributed by atoms with Gasteiger partial charge in [0.05, 0.1) is 30.3 Å². The van der Waals surface area contributed by atoms with Gasteiger partial charge in [-0.1, -0.05) is 37.3 Å². The van der Waals surface area contributed by atoms with Crippen molar-refractivity contribution in [2.45, 2.75) is 26.4 Å². The maximum atomic E-state index is 12.6. The molecule has 0 aliphatic carbocycles. The van der Waals surface area contributed by atoms with Crippen molar-refractivity contribution in [1.29, 1.82) is 0 Å². The van der Waals surface area contributed by atoms with Crippen LogP contribution in [0.15, 0.2) is 78.4 Å². The van der Waals surface area contributed by atoms with E-state index in [-0.39, 0.29) is 42.4 Å². The van der Waals surface area contributed by atoms with Crippen molar-refractivity contribution in [3.8, 4) is 39.9 Å². The fraction of sp³-hybridized carbons (Fsp3) is 0.200. The second-order valence-electron chi connectivity index (χ2n) is 10.4. The minimum Gasteiger partial charge on any atom is -0.496 e. The number of fused-ring (bicyclic) bond motifs is 1. The first-order valence-corrected chi connectivity index (χ1v) is 14.6. The Morgan fingerprint density at radius 2 is 1.68 bits per heavy atom. The Morgan fingerprint density at radius 3 is 2.38 bits per heavy atom. The molecule has 1 heterocycles. The van der Waals surface area contributed by atoms with Crippen LogP contribution in [0.1, 0.15) is 40.4 Å². The second-order valence-corrected chi connectivity index (χ2v) is 10.4. The Bertz CT molecular complexity index is 1860. The number of carboxylic acids is 2. The van der Waals surface area contributed by atoms with Crippen LogP contribution in [0.5, 0.6) is 28.7 Å². The lowest BCUT2D eigenvalue weighted by Crippen LogP contribution is -2.07. The number of hydrogen-bond donors (Lipinski definition) is 2. The molecular formula is C35H31NO11. The molecule has 0 saturated carbocycles. The van der Waals surface area contributed by atoms with E-state index in [1.165, 1.54) is 37.5 Å². The number of aliphatic carboxylic acids is 1. The van der Waals surface area contributed by atoms with E-state index in [0.29, 0.717) is 63.8 Å². The van der Waals surface area contributed by atoms with Crippen molar-refractivity contribution in [2.75, 3.05) is 20.5 Å². The topological polar surface area (TPSA) is 164 Å². The lowest BCUT2D eigenvalue weighted by Gasteiger charge is -2.18. The number of nitrogens with zero attached hydrogens (tertiary/aromatic N) is 1. The van der Waals surface area contributed by atoms with E-state index in [9.17, 15) is 29.9 Å². The molecule has 242 valence electrons. The largest absolute Gasteiger partial charge is 0.496 e. The third-order valence-electron chi connectivity index (χ3n) is 7.36. The number of hydrogen-bond acceptors (Lipinski definition) is 9. The van der Waals surface area contributed by atoms with E-state index < -0.39 is 16.9 Å². The minimum atomic E-state index is -1.18. The van der Waals surface area contributed by atoms with Gasteiger partial charge in [0.2, 0.25) is 6.79 Å². The van der Waals surface area contributed by atoms with Gasteiger partial charge in [0, 0.05) is 46.4 Å². The van der Waals surface area contributed by atoms with Crippen LogP contribution in [0.2, 0.25) is 0 Å². The smallest absolute Gasteiger partial charge is 0.336 e. The highest BCUT2D eigenvalue weighted by Gasteiger charge is 2.23. The molecule has 0 aromatic heterocycles. The van der Waals surface area contributed by atoms with E-state index in [1.807, 2.05) is 6.92 Å². The molecule has 0 saturated heterocycles. The van der Waals surface area contributed by atoms with Gasteiger partial charge in [0.1, 0.15) is 23.9 Å². The van der Waals surface area contributed by atoms with E-state index >= 15 is 0 Å². The number of carboxylic acid groups (broad SMARTS) is 2. The molecule has 1 aliphatic heterocycles. The zero-order valence-corrected chi connectivity index (χ0v) is 25.6. The summed E-state index contributed by atoms with van der Waals surface area (Å²) in [7, 11) is 1.48. The predicted molar refractivity (Wildman–Crippen MR) is 170 cm³/mol. The summed E-state index contributed by atoms with van der Waals surface area (Å²) >= 11 is 0. The van der Waals surface area contributed by atoms with E-state index in [1.54, 1.807) is 48.5 Å². The highest BCUT2D eigenvalue weighted by atomic mass is 16.7. The molecule has 5 rings (SSSR count). The summed E-state index contributed by atoms with van der Waals surface area (Å²) in [6.45, 7) is 2.11. The van der Waals surface area contributed by atoms with Gasteiger partial charge in [0.25, 0.3) is 5.69 Å². The normalized spacial score (nSPS) is 12.0. The van der Waals surface area contributed by atoms with Crippen molar-refractivity contribution >= 4 is 23.7 Å². The summed E-state index contributed by atoms with van der Waals surface area (Å²) in [5.41, 5.74) is 1.97. The van der Waals surface area contributed by atoms with Gasteiger partial charge in [0.15, 0.2) is 11.5 Å². The van der Waals surface area contributed by atoms with E-state index in [2.05, 4.69) is 0 Å². The summed E-state index contributed by atoms with van der Waals surface area (Å²) < 4.78 is 28.6. The van der Waals surface area contributed by atoms with Crippen molar-refractivity contribution in [1.82, 2.24) is 0 Å². The molecule has 2 N–H and O–H groups in total. The molecule has 0 atom stereocenters. The number of carbonyl (C=O) groups is 2. The fourth-order valence-electron chi connectivity index (χ4n) is 5.12. The second kappa shape index (κ2) is 14.4. The number of rotatable bonds is 14. The minimum absolute atomic E-state index is 0.0100. The van der Waals surface area contributed by atoms with Gasteiger partial charge in [-0.15, -0.1) is 0 Å². The molecule has 4 aromatic carbocycles. The van der Waals surface area contributed by atoms with Gasteiger partial charge >= 0.3 is 11.9 Å². The first-order chi connectivity index (χ1) is 22.7. The molecule has 0 radical (unpaired) electrons. The van der Waals surface area contributed by atoms with Crippen LogP contribution in [-0.4, -0.2) is 47.6 Å². The molecular weight excluding hydrogens is 610 g/mol. The number of nitro benzene ring substituents is 1. The summed E-state index contributed by atoms with van der Waals surface area (Å²) in [4.78, 5) is 35.6. The van der Waals surface area contributed by atoms with Crippen molar-refractivity contribution in [3.63, 3.8) is 0 Å². The molecule has 0 spiro atoms. The predicted octanol–water partition coefficient (Wildman–Crippen LogP) is 6.78. The highest BCUT2D eigenvalue weighted by molar-refractivity contribution is 5.96. The summed E-state index contributed by atoms with van der Waals surface area (Å²) in [6, 6.07) is 18.8. The molecule has 0 unspecified atom stereocenters. The van der Waals surface area contributed by atoms with E-state index in [4.69, 9.17) is 23.7 Å². The maximum Gasteiger partial charge on any atom is 0.336 e. The lowest BCUT2D eigenvalue weighted by molar-refractivity contribution is -0.384. The maximum absolute atomic E-state index is 12.6. The van der Waals surface area contributed by atoms with Crippen LogP contribution in [0.25, 0.3) is 17.2 Å². The molecule has 1 aliphatic rings. The number of non-ortho nitro benzene ring substituents is 1. The highest BCUT2D eigenvalue weighted by Crippen LogP contribution is 2.43. The Hall–Kier alpha value is -6.04. The number of nitro groups is 1. The SMILES string of the molecule is CCCOc1cccc(C=C(Cc2cc3c(cc2OC)OCO3)C(=O)O)c1-c1ccc([N+](=O)[O-])cc1OCc1ccccc1C(=O)O. The molecule has 0 bridgehead atoms. The monoisotopic (exact) mass is 641 g/mol. The molecule has 4 aromatic rings. The van der Waals surface area contributed by atoms with Crippen molar-refractivity contribution in [3.05, 3.63) is 111 Å². The van der Waals surface area contributed by atoms with Gasteiger partial charge < -0.3 is 33.9 Å². The van der Waals surface area contributed by atoms with Crippen molar-refractivity contribution in [2.24, 2.45) is 0 Å². The van der Waals surface area contributed by atoms with Crippen molar-refractivity contribution < 1.29 is 48.4 Å².